The molecular formula is C18H18BrNO3. The highest BCUT2D eigenvalue weighted by atomic mass is 79.9. The van der Waals surface area contributed by atoms with Gasteiger partial charge in [0.1, 0.15) is 0 Å². The van der Waals surface area contributed by atoms with Gasteiger partial charge in [0.15, 0.2) is 0 Å². The van der Waals surface area contributed by atoms with Crippen LogP contribution in [0.2, 0.25) is 0 Å². The maximum absolute atomic E-state index is 13.0. The van der Waals surface area contributed by atoms with Gasteiger partial charge in [-0.15, -0.1) is 0 Å². The van der Waals surface area contributed by atoms with Gasteiger partial charge in [-0.05, 0) is 42.7 Å². The van der Waals surface area contributed by atoms with Crippen LogP contribution in [0.1, 0.15) is 30.1 Å². The fraction of sp³-hybridized carbons (Fsp3) is 0.333. The zero-order chi connectivity index (χ0) is 16.6. The van der Waals surface area contributed by atoms with E-state index >= 15 is 0 Å². The zero-order valence-electron chi connectivity index (χ0n) is 12.9. The quantitative estimate of drug-likeness (QED) is 0.864. The van der Waals surface area contributed by atoms with Crippen molar-refractivity contribution in [3.8, 4) is 0 Å². The van der Waals surface area contributed by atoms with E-state index < -0.39 is 11.4 Å². The summed E-state index contributed by atoms with van der Waals surface area (Å²) in [6, 6.07) is 11.5. The second-order valence-electron chi connectivity index (χ2n) is 6.37. The molecule has 1 saturated heterocycles. The second-order valence-corrected chi connectivity index (χ2v) is 7.29. The van der Waals surface area contributed by atoms with Gasteiger partial charge in [-0.25, -0.2) is 0 Å². The number of carbonyl (C=O) groups is 2. The van der Waals surface area contributed by atoms with Crippen molar-refractivity contribution >= 4 is 38.6 Å². The van der Waals surface area contributed by atoms with E-state index in [9.17, 15) is 14.7 Å². The number of halogens is 1. The first-order valence-corrected chi connectivity index (χ1v) is 8.41. The lowest BCUT2D eigenvalue weighted by atomic mass is 9.82. The number of nitrogens with zero attached hydrogens (tertiary/aromatic N) is 1. The van der Waals surface area contributed by atoms with Crippen molar-refractivity contribution in [1.29, 1.82) is 0 Å². The first-order chi connectivity index (χ1) is 10.9. The number of rotatable bonds is 2. The van der Waals surface area contributed by atoms with E-state index in [1.54, 1.807) is 11.8 Å². The molecule has 1 N–H and O–H groups in total. The topological polar surface area (TPSA) is 57.6 Å². The van der Waals surface area contributed by atoms with Crippen LogP contribution < -0.4 is 0 Å². The zero-order valence-corrected chi connectivity index (χ0v) is 14.5. The number of benzene rings is 2. The van der Waals surface area contributed by atoms with Gasteiger partial charge in [-0.2, -0.15) is 0 Å². The van der Waals surface area contributed by atoms with Crippen molar-refractivity contribution in [2.75, 3.05) is 13.1 Å². The highest BCUT2D eigenvalue weighted by molar-refractivity contribution is 9.10. The fourth-order valence-corrected chi connectivity index (χ4v) is 3.68. The molecule has 1 heterocycles. The van der Waals surface area contributed by atoms with Gasteiger partial charge in [0.05, 0.1) is 5.41 Å². The summed E-state index contributed by atoms with van der Waals surface area (Å²) in [5, 5.41) is 11.3. The number of carboxylic acid groups (broad SMARTS) is 1. The number of piperidine rings is 1. The van der Waals surface area contributed by atoms with Crippen LogP contribution in [0, 0.1) is 5.41 Å². The normalized spacial score (nSPS) is 21.4. The predicted molar refractivity (Wildman–Crippen MR) is 92.5 cm³/mol. The lowest BCUT2D eigenvalue weighted by Crippen LogP contribution is -2.48. The molecule has 1 aliphatic rings. The Morgan fingerprint density at radius 2 is 2.00 bits per heavy atom. The summed E-state index contributed by atoms with van der Waals surface area (Å²) in [6.45, 7) is 2.57. The molecule has 0 saturated carbocycles. The summed E-state index contributed by atoms with van der Waals surface area (Å²) >= 11 is 3.46. The average Bonchev–Trinajstić information content (AvgIpc) is 2.53. The number of aliphatic carboxylic acids is 1. The van der Waals surface area contributed by atoms with Gasteiger partial charge >= 0.3 is 5.97 Å². The highest BCUT2D eigenvalue weighted by Gasteiger charge is 2.39. The number of fused-ring (bicyclic) bond motifs is 1. The van der Waals surface area contributed by atoms with Crippen LogP contribution in [0.3, 0.4) is 0 Å². The van der Waals surface area contributed by atoms with Gasteiger partial charge in [-0.3, -0.25) is 9.59 Å². The maximum Gasteiger partial charge on any atom is 0.311 e. The minimum Gasteiger partial charge on any atom is -0.481 e. The molecule has 5 heteroatoms. The molecule has 120 valence electrons. The third-order valence-electron chi connectivity index (χ3n) is 4.56. The summed E-state index contributed by atoms with van der Waals surface area (Å²) in [7, 11) is 0. The molecule has 1 amide bonds. The van der Waals surface area contributed by atoms with Gasteiger partial charge in [0, 0.05) is 23.1 Å². The lowest BCUT2D eigenvalue weighted by molar-refractivity contribution is -0.150. The smallest absolute Gasteiger partial charge is 0.311 e. The summed E-state index contributed by atoms with van der Waals surface area (Å²) in [5.41, 5.74) is -0.250. The second kappa shape index (κ2) is 5.96. The van der Waals surface area contributed by atoms with Crippen LogP contribution in [0.4, 0.5) is 0 Å². The Morgan fingerprint density at radius 3 is 2.74 bits per heavy atom. The molecule has 0 bridgehead atoms. The van der Waals surface area contributed by atoms with Crippen LogP contribution >= 0.6 is 15.9 Å². The summed E-state index contributed by atoms with van der Waals surface area (Å²) in [5.74, 6) is -0.941. The summed E-state index contributed by atoms with van der Waals surface area (Å²) in [6.07, 6.45) is 1.31. The van der Waals surface area contributed by atoms with E-state index in [1.807, 2.05) is 36.4 Å². The number of likely N-dealkylation sites (tertiary alicyclic amines) is 1. The number of amides is 1. The Hall–Kier alpha value is -1.88. The number of carbonyl (C=O) groups excluding carboxylic acids is 1. The van der Waals surface area contributed by atoms with E-state index in [4.69, 9.17) is 0 Å². The summed E-state index contributed by atoms with van der Waals surface area (Å²) < 4.78 is 0.845. The van der Waals surface area contributed by atoms with Crippen LogP contribution in [0.15, 0.2) is 40.9 Å². The monoisotopic (exact) mass is 375 g/mol. The Balaban J connectivity index is 1.99. The molecule has 0 radical (unpaired) electrons. The summed E-state index contributed by atoms with van der Waals surface area (Å²) in [4.78, 5) is 26.2. The van der Waals surface area contributed by atoms with E-state index in [1.165, 1.54) is 0 Å². The van der Waals surface area contributed by atoms with Crippen LogP contribution in [0.25, 0.3) is 10.8 Å². The van der Waals surface area contributed by atoms with E-state index in [0.29, 0.717) is 24.9 Å². The SMILES string of the molecule is CC1(C(=O)O)CCCN(C(=O)c2cc(Br)cc3ccccc23)C1. The van der Waals surface area contributed by atoms with Crippen molar-refractivity contribution in [1.82, 2.24) is 4.90 Å². The molecule has 0 aromatic heterocycles. The van der Waals surface area contributed by atoms with Crippen molar-refractivity contribution in [3.63, 3.8) is 0 Å². The van der Waals surface area contributed by atoms with E-state index in [2.05, 4.69) is 15.9 Å². The van der Waals surface area contributed by atoms with Gasteiger partial charge in [0.25, 0.3) is 5.91 Å². The minimum atomic E-state index is -0.865. The molecule has 0 aliphatic carbocycles. The largest absolute Gasteiger partial charge is 0.481 e. The molecule has 1 atom stereocenters. The lowest BCUT2D eigenvalue weighted by Gasteiger charge is -2.37. The van der Waals surface area contributed by atoms with E-state index in [-0.39, 0.29) is 12.5 Å². The van der Waals surface area contributed by atoms with Gasteiger partial charge in [-0.1, -0.05) is 40.2 Å². The van der Waals surface area contributed by atoms with Crippen molar-refractivity contribution in [3.05, 3.63) is 46.4 Å². The fourth-order valence-electron chi connectivity index (χ4n) is 3.21. The molecule has 23 heavy (non-hydrogen) atoms. The van der Waals surface area contributed by atoms with E-state index in [0.717, 1.165) is 15.2 Å². The Bertz CT molecular complexity index is 789. The third-order valence-corrected chi connectivity index (χ3v) is 5.01. The molecule has 4 nitrogen and oxygen atoms in total. The molecule has 3 rings (SSSR count). The number of hydrogen-bond acceptors (Lipinski definition) is 2. The van der Waals surface area contributed by atoms with Crippen LogP contribution in [0.5, 0.6) is 0 Å². The molecule has 1 unspecified atom stereocenters. The molecule has 2 aromatic rings. The molecule has 0 spiro atoms. The number of hydrogen-bond donors (Lipinski definition) is 1. The van der Waals surface area contributed by atoms with Crippen molar-refractivity contribution in [2.45, 2.75) is 19.8 Å². The van der Waals surface area contributed by atoms with Gasteiger partial charge < -0.3 is 10.0 Å². The predicted octanol–water partition coefficient (Wildman–Crippen LogP) is 3.93. The van der Waals surface area contributed by atoms with Crippen LogP contribution in [-0.2, 0) is 4.79 Å². The maximum atomic E-state index is 13.0. The molecule has 1 aliphatic heterocycles. The first-order valence-electron chi connectivity index (χ1n) is 7.62. The van der Waals surface area contributed by atoms with Crippen LogP contribution in [-0.4, -0.2) is 35.0 Å². The minimum absolute atomic E-state index is 0.102. The Morgan fingerprint density at radius 1 is 1.26 bits per heavy atom. The van der Waals surface area contributed by atoms with Crippen molar-refractivity contribution < 1.29 is 14.7 Å². The first kappa shape index (κ1) is 16.0. The highest BCUT2D eigenvalue weighted by Crippen LogP contribution is 2.32. The average molecular weight is 376 g/mol. The Labute approximate surface area is 143 Å². The number of carboxylic acids is 1. The molecular weight excluding hydrogens is 358 g/mol. The Kier molecular flexibility index (Phi) is 4.15. The van der Waals surface area contributed by atoms with Crippen molar-refractivity contribution in [2.24, 2.45) is 5.41 Å². The molecule has 1 fully saturated rings. The standard InChI is InChI=1S/C18H18BrNO3/c1-18(17(22)23)7-4-8-20(11-18)16(21)15-10-13(19)9-12-5-2-3-6-14(12)15/h2-3,5-6,9-10H,4,7-8,11H2,1H3,(H,22,23). The molecule has 2 aromatic carbocycles. The van der Waals surface area contributed by atoms with Gasteiger partial charge in [0.2, 0.25) is 0 Å². The third kappa shape index (κ3) is 2.98.